The number of thiophene rings is 1. The molecular weight excluding hydrogens is 384 g/mol. The Kier molecular flexibility index (Phi) is 6.15. The smallest absolute Gasteiger partial charge is 0.282 e. The fraction of sp³-hybridized carbons (Fsp3) is 0.278. The van der Waals surface area contributed by atoms with Crippen molar-refractivity contribution in [2.75, 3.05) is 25.3 Å². The van der Waals surface area contributed by atoms with Gasteiger partial charge in [-0.15, -0.1) is 11.3 Å². The van der Waals surface area contributed by atoms with Crippen molar-refractivity contribution in [3.63, 3.8) is 0 Å². The Hall–Kier alpha value is -2.36. The van der Waals surface area contributed by atoms with Crippen LogP contribution >= 0.6 is 23.1 Å². The lowest BCUT2D eigenvalue weighted by Crippen LogP contribution is -2.37. The Morgan fingerprint density at radius 3 is 2.85 bits per heavy atom. The number of nitrogens with one attached hydrogen (secondary N) is 1. The number of carbonyl (C=O) groups excluding carboxylic acids is 1. The van der Waals surface area contributed by atoms with E-state index < -0.39 is 0 Å². The lowest BCUT2D eigenvalue weighted by molar-refractivity contribution is -0.119. The van der Waals surface area contributed by atoms with Gasteiger partial charge in [0.1, 0.15) is 4.83 Å². The van der Waals surface area contributed by atoms with E-state index in [1.165, 1.54) is 11.3 Å². The number of nitrogens with two attached hydrogens (primary N) is 1. The first kappa shape index (κ1) is 19.4. The molecule has 27 heavy (non-hydrogen) atoms. The molecule has 0 spiro atoms. The summed E-state index contributed by atoms with van der Waals surface area (Å²) in [5.74, 6) is 5.90. The van der Waals surface area contributed by atoms with E-state index >= 15 is 0 Å². The highest BCUT2D eigenvalue weighted by Gasteiger charge is 2.17. The lowest BCUT2D eigenvalue weighted by atomic mass is 10.1. The van der Waals surface area contributed by atoms with Crippen molar-refractivity contribution in [1.82, 2.24) is 15.0 Å². The molecule has 0 radical (unpaired) electrons. The Bertz CT molecular complexity index is 1000. The average Bonchev–Trinajstić information content (AvgIpc) is 3.08. The van der Waals surface area contributed by atoms with Gasteiger partial charge in [-0.3, -0.25) is 9.59 Å². The van der Waals surface area contributed by atoms with Gasteiger partial charge in [0.25, 0.3) is 5.56 Å². The van der Waals surface area contributed by atoms with E-state index in [2.05, 4.69) is 10.3 Å². The summed E-state index contributed by atoms with van der Waals surface area (Å²) in [4.78, 5) is 29.9. The highest BCUT2D eigenvalue weighted by Crippen LogP contribution is 2.31. The number of ether oxygens (including phenoxy) is 1. The minimum Gasteiger partial charge on any atom is -0.383 e. The van der Waals surface area contributed by atoms with Crippen LogP contribution in [0.3, 0.4) is 0 Å². The molecule has 2 heterocycles. The van der Waals surface area contributed by atoms with E-state index in [9.17, 15) is 9.59 Å². The number of hydrogen-bond acceptors (Lipinski definition) is 7. The number of fused-ring (bicyclic) bond motifs is 1. The van der Waals surface area contributed by atoms with Crippen molar-refractivity contribution in [2.24, 2.45) is 0 Å². The lowest BCUT2D eigenvalue weighted by Gasteiger charge is -2.12. The van der Waals surface area contributed by atoms with E-state index in [0.29, 0.717) is 22.0 Å². The van der Waals surface area contributed by atoms with Gasteiger partial charge < -0.3 is 15.9 Å². The molecule has 2 aromatic heterocycles. The summed E-state index contributed by atoms with van der Waals surface area (Å²) in [7, 11) is 1.58. The fourth-order valence-electron chi connectivity index (χ4n) is 2.65. The molecule has 1 aromatic carbocycles. The summed E-state index contributed by atoms with van der Waals surface area (Å²) in [6.07, 6.45) is 0. The Morgan fingerprint density at radius 2 is 2.15 bits per heavy atom. The maximum atomic E-state index is 12.8. The van der Waals surface area contributed by atoms with E-state index in [1.54, 1.807) is 7.11 Å². The van der Waals surface area contributed by atoms with E-state index in [1.807, 2.05) is 42.6 Å². The zero-order chi connectivity index (χ0) is 19.4. The van der Waals surface area contributed by atoms with Crippen LogP contribution in [-0.2, 0) is 9.53 Å². The minimum absolute atomic E-state index is 0.0932. The quantitative estimate of drug-likeness (QED) is 0.355. The Balaban J connectivity index is 1.84. The molecule has 0 aliphatic carbocycles. The summed E-state index contributed by atoms with van der Waals surface area (Å²) in [5.41, 5.74) is 1.43. The van der Waals surface area contributed by atoms with Gasteiger partial charge in [0, 0.05) is 24.1 Å². The normalized spacial score (nSPS) is 12.2. The number of thioether (sulfide) groups is 1. The number of nitrogen functional groups attached to an aromatic ring is 1. The predicted molar refractivity (Wildman–Crippen MR) is 110 cm³/mol. The average molecular weight is 405 g/mol. The molecule has 1 atom stereocenters. The van der Waals surface area contributed by atoms with Crippen molar-refractivity contribution in [2.45, 2.75) is 18.1 Å². The van der Waals surface area contributed by atoms with Crippen molar-refractivity contribution in [3.8, 4) is 11.1 Å². The van der Waals surface area contributed by atoms with Crippen LogP contribution in [0, 0.1) is 0 Å². The van der Waals surface area contributed by atoms with Gasteiger partial charge in [-0.25, -0.2) is 9.66 Å². The second-order valence-electron chi connectivity index (χ2n) is 5.98. The first-order valence-electron chi connectivity index (χ1n) is 8.27. The fourth-order valence-corrected chi connectivity index (χ4v) is 4.37. The number of benzene rings is 1. The number of carbonyl (C=O) groups is 1. The van der Waals surface area contributed by atoms with Crippen molar-refractivity contribution < 1.29 is 9.53 Å². The van der Waals surface area contributed by atoms with Crippen molar-refractivity contribution in [3.05, 3.63) is 46.1 Å². The van der Waals surface area contributed by atoms with Gasteiger partial charge >= 0.3 is 0 Å². The summed E-state index contributed by atoms with van der Waals surface area (Å²) in [6, 6.07) is 9.54. The molecule has 0 bridgehead atoms. The molecular formula is C18H20N4O3S2. The molecule has 7 nitrogen and oxygen atoms in total. The zero-order valence-corrected chi connectivity index (χ0v) is 16.6. The van der Waals surface area contributed by atoms with Crippen molar-refractivity contribution >= 4 is 39.2 Å². The molecule has 3 aromatic rings. The Labute approximate surface area is 164 Å². The Morgan fingerprint density at radius 1 is 1.41 bits per heavy atom. The highest BCUT2D eigenvalue weighted by molar-refractivity contribution is 7.99. The minimum atomic E-state index is -0.323. The van der Waals surface area contributed by atoms with Crippen LogP contribution in [0.1, 0.15) is 6.92 Å². The molecule has 9 heteroatoms. The maximum absolute atomic E-state index is 12.8. The van der Waals surface area contributed by atoms with Crippen LogP contribution in [0.5, 0.6) is 0 Å². The van der Waals surface area contributed by atoms with Gasteiger partial charge in [-0.05, 0) is 12.5 Å². The molecule has 3 N–H and O–H groups in total. The first-order chi connectivity index (χ1) is 13.0. The highest BCUT2D eigenvalue weighted by atomic mass is 32.2. The third-order valence-corrected chi connectivity index (χ3v) is 5.67. The molecule has 0 saturated heterocycles. The summed E-state index contributed by atoms with van der Waals surface area (Å²) < 4.78 is 6.00. The molecule has 142 valence electrons. The third kappa shape index (κ3) is 4.32. The second kappa shape index (κ2) is 8.55. The van der Waals surface area contributed by atoms with Crippen LogP contribution in [-0.4, -0.2) is 41.1 Å². The van der Waals surface area contributed by atoms with Crippen LogP contribution in [0.4, 0.5) is 0 Å². The number of amides is 1. The number of aromatic nitrogens is 2. The van der Waals surface area contributed by atoms with Gasteiger partial charge in [-0.2, -0.15) is 0 Å². The number of hydrogen-bond donors (Lipinski definition) is 2. The van der Waals surface area contributed by atoms with Crippen LogP contribution < -0.4 is 16.7 Å². The molecule has 0 unspecified atom stereocenters. The van der Waals surface area contributed by atoms with Crippen LogP contribution in [0.25, 0.3) is 21.3 Å². The second-order valence-corrected chi connectivity index (χ2v) is 7.78. The molecule has 0 fully saturated rings. The molecule has 1 amide bonds. The van der Waals surface area contributed by atoms with Gasteiger partial charge in [-0.1, -0.05) is 42.1 Å². The summed E-state index contributed by atoms with van der Waals surface area (Å²) >= 11 is 2.52. The third-order valence-electron chi connectivity index (χ3n) is 3.85. The molecule has 0 aliphatic rings. The summed E-state index contributed by atoms with van der Waals surface area (Å²) in [6.45, 7) is 2.28. The zero-order valence-electron chi connectivity index (χ0n) is 15.0. The van der Waals surface area contributed by atoms with Gasteiger partial charge in [0.2, 0.25) is 5.91 Å². The van der Waals surface area contributed by atoms with E-state index in [0.717, 1.165) is 27.6 Å². The first-order valence-corrected chi connectivity index (χ1v) is 10.1. The monoisotopic (exact) mass is 404 g/mol. The number of nitrogens with zero attached hydrogens (tertiary/aromatic N) is 2. The SMILES string of the molecule is COC[C@H](C)NC(=O)CSc1nc2scc(-c3ccccc3)c2c(=O)n1N. The molecule has 0 aliphatic heterocycles. The van der Waals surface area contributed by atoms with E-state index in [4.69, 9.17) is 10.6 Å². The van der Waals surface area contributed by atoms with Gasteiger partial charge in [0.05, 0.1) is 17.7 Å². The summed E-state index contributed by atoms with van der Waals surface area (Å²) in [5, 5.41) is 5.52. The number of methoxy groups -OCH3 is 1. The van der Waals surface area contributed by atoms with Gasteiger partial charge in [0.15, 0.2) is 5.16 Å². The van der Waals surface area contributed by atoms with Crippen LogP contribution in [0.15, 0.2) is 45.7 Å². The maximum Gasteiger partial charge on any atom is 0.282 e. The van der Waals surface area contributed by atoms with E-state index in [-0.39, 0.29) is 23.3 Å². The molecule has 3 rings (SSSR count). The number of rotatable bonds is 7. The largest absolute Gasteiger partial charge is 0.383 e. The standard InChI is InChI=1S/C18H20N4O3S2/c1-11(8-25-2)20-14(23)10-27-18-21-16-15(17(24)22(18)19)13(9-26-16)12-6-4-3-5-7-12/h3-7,9,11H,8,10,19H2,1-2H3,(H,20,23)/t11-/m0/s1. The van der Waals surface area contributed by atoms with Crippen LogP contribution in [0.2, 0.25) is 0 Å². The van der Waals surface area contributed by atoms with Crippen molar-refractivity contribution in [1.29, 1.82) is 0 Å². The molecule has 0 saturated carbocycles. The predicted octanol–water partition coefficient (Wildman–Crippen LogP) is 2.08. The topological polar surface area (TPSA) is 99.2 Å².